The second kappa shape index (κ2) is 10.4. The molecule has 0 nitrogen and oxygen atoms in total. The van der Waals surface area contributed by atoms with Crippen LogP contribution < -0.4 is 0 Å². The van der Waals surface area contributed by atoms with Crippen molar-refractivity contribution in [2.24, 2.45) is 17.8 Å². The van der Waals surface area contributed by atoms with E-state index >= 15 is 0 Å². The van der Waals surface area contributed by atoms with Gasteiger partial charge in [0.2, 0.25) is 6.43 Å². The van der Waals surface area contributed by atoms with Crippen LogP contribution in [-0.2, 0) is 6.42 Å². The summed E-state index contributed by atoms with van der Waals surface area (Å²) in [6.07, 6.45) is 14.3. The first-order valence-corrected chi connectivity index (χ1v) is 11.2. The standard InChI is InChI=1S/C25H36F2/c1-2-4-19-7-11-21(12-8-19)23-15-17-24(18-16-23)22-13-9-20(10-14-22)5-3-6-25(26)27/h3,5,7-8,11-12,20,22-25H,2,4,6,9-10,13-18H2,1H3/b5-3+. The summed E-state index contributed by atoms with van der Waals surface area (Å²) in [5.74, 6) is 3.06. The zero-order valence-corrected chi connectivity index (χ0v) is 16.9. The monoisotopic (exact) mass is 374 g/mol. The Morgan fingerprint density at radius 3 is 2.04 bits per heavy atom. The van der Waals surface area contributed by atoms with Crippen molar-refractivity contribution in [3.05, 3.63) is 47.5 Å². The van der Waals surface area contributed by atoms with Crippen molar-refractivity contribution in [3.8, 4) is 0 Å². The van der Waals surface area contributed by atoms with Crippen molar-refractivity contribution in [1.82, 2.24) is 0 Å². The summed E-state index contributed by atoms with van der Waals surface area (Å²) >= 11 is 0. The first kappa shape index (κ1) is 20.6. The maximum absolute atomic E-state index is 12.3. The fourth-order valence-corrected chi connectivity index (χ4v) is 5.35. The maximum atomic E-state index is 12.3. The van der Waals surface area contributed by atoms with Crippen molar-refractivity contribution >= 4 is 0 Å². The predicted octanol–water partition coefficient (Wildman–Crippen LogP) is 7.93. The molecule has 0 amide bonds. The van der Waals surface area contributed by atoms with Crippen molar-refractivity contribution in [3.63, 3.8) is 0 Å². The summed E-state index contributed by atoms with van der Waals surface area (Å²) in [7, 11) is 0. The lowest BCUT2D eigenvalue weighted by atomic mass is 9.68. The zero-order valence-electron chi connectivity index (χ0n) is 16.9. The van der Waals surface area contributed by atoms with Gasteiger partial charge in [-0.1, -0.05) is 49.8 Å². The molecule has 2 saturated carbocycles. The largest absolute Gasteiger partial charge is 0.242 e. The summed E-state index contributed by atoms with van der Waals surface area (Å²) < 4.78 is 24.5. The fraction of sp³-hybridized carbons (Fsp3) is 0.680. The summed E-state index contributed by atoms with van der Waals surface area (Å²) in [4.78, 5) is 0. The lowest BCUT2D eigenvalue weighted by molar-refractivity contribution is 0.151. The summed E-state index contributed by atoms with van der Waals surface area (Å²) in [6.45, 7) is 2.24. The average molecular weight is 375 g/mol. The van der Waals surface area contributed by atoms with Crippen LogP contribution in [0, 0.1) is 17.8 Å². The van der Waals surface area contributed by atoms with Gasteiger partial charge in [-0.2, -0.15) is 0 Å². The topological polar surface area (TPSA) is 0 Å². The van der Waals surface area contributed by atoms with Gasteiger partial charge in [0.05, 0.1) is 0 Å². The van der Waals surface area contributed by atoms with Gasteiger partial charge in [-0.3, -0.25) is 0 Å². The van der Waals surface area contributed by atoms with Gasteiger partial charge in [0.1, 0.15) is 0 Å². The molecule has 0 radical (unpaired) electrons. The van der Waals surface area contributed by atoms with Crippen LogP contribution in [-0.4, -0.2) is 6.43 Å². The van der Waals surface area contributed by atoms with Gasteiger partial charge in [-0.25, -0.2) is 8.78 Å². The number of aryl methyl sites for hydroxylation is 1. The maximum Gasteiger partial charge on any atom is 0.242 e. The first-order chi connectivity index (χ1) is 13.2. The Morgan fingerprint density at radius 1 is 0.889 bits per heavy atom. The van der Waals surface area contributed by atoms with E-state index in [9.17, 15) is 8.78 Å². The predicted molar refractivity (Wildman–Crippen MR) is 110 cm³/mol. The third-order valence-corrected chi connectivity index (χ3v) is 6.97. The third-order valence-electron chi connectivity index (χ3n) is 6.97. The van der Waals surface area contributed by atoms with Gasteiger partial charge in [0.25, 0.3) is 0 Å². The molecule has 150 valence electrons. The van der Waals surface area contributed by atoms with E-state index in [1.165, 1.54) is 69.8 Å². The van der Waals surface area contributed by atoms with Crippen LogP contribution in [0.3, 0.4) is 0 Å². The van der Waals surface area contributed by atoms with Gasteiger partial charge in [0, 0.05) is 6.42 Å². The lowest BCUT2D eigenvalue weighted by Gasteiger charge is -2.37. The van der Waals surface area contributed by atoms with E-state index in [2.05, 4.69) is 37.3 Å². The molecule has 0 aliphatic heterocycles. The molecule has 0 spiro atoms. The molecule has 27 heavy (non-hydrogen) atoms. The van der Waals surface area contributed by atoms with Crippen LogP contribution in [0.15, 0.2) is 36.4 Å². The molecule has 2 aliphatic rings. The molecule has 1 aromatic rings. The van der Waals surface area contributed by atoms with Crippen LogP contribution in [0.5, 0.6) is 0 Å². The molecule has 2 aliphatic carbocycles. The number of halogens is 2. The Hall–Kier alpha value is -1.18. The molecule has 3 rings (SSSR count). The lowest BCUT2D eigenvalue weighted by Crippen LogP contribution is -2.25. The molecule has 0 aromatic heterocycles. The van der Waals surface area contributed by atoms with E-state index in [0.29, 0.717) is 5.92 Å². The van der Waals surface area contributed by atoms with Gasteiger partial charge >= 0.3 is 0 Å². The summed E-state index contributed by atoms with van der Waals surface area (Å²) in [5.41, 5.74) is 3.01. The number of rotatable bonds is 7. The minimum atomic E-state index is -2.20. The molecule has 2 heteroatoms. The second-order valence-electron chi connectivity index (χ2n) is 8.83. The average Bonchev–Trinajstić information content (AvgIpc) is 2.69. The summed E-state index contributed by atoms with van der Waals surface area (Å²) in [6, 6.07) is 9.39. The van der Waals surface area contributed by atoms with Crippen LogP contribution in [0.25, 0.3) is 0 Å². The first-order valence-electron chi connectivity index (χ1n) is 11.2. The van der Waals surface area contributed by atoms with Crippen LogP contribution in [0.2, 0.25) is 0 Å². The minimum absolute atomic E-state index is 0.0800. The van der Waals surface area contributed by atoms with E-state index in [4.69, 9.17) is 0 Å². The number of hydrogen-bond acceptors (Lipinski definition) is 0. The number of alkyl halides is 2. The molecular formula is C25H36F2. The number of hydrogen-bond donors (Lipinski definition) is 0. The summed E-state index contributed by atoms with van der Waals surface area (Å²) in [5, 5.41) is 0. The molecule has 1 aromatic carbocycles. The van der Waals surface area contributed by atoms with Crippen molar-refractivity contribution in [2.45, 2.75) is 89.9 Å². The molecule has 0 saturated heterocycles. The highest BCUT2D eigenvalue weighted by atomic mass is 19.3. The Balaban J connectivity index is 1.41. The highest BCUT2D eigenvalue weighted by Crippen LogP contribution is 2.44. The third kappa shape index (κ3) is 6.16. The van der Waals surface area contributed by atoms with Crippen molar-refractivity contribution < 1.29 is 8.78 Å². The molecule has 0 unspecified atom stereocenters. The van der Waals surface area contributed by atoms with Gasteiger partial charge < -0.3 is 0 Å². The zero-order chi connectivity index (χ0) is 19.1. The second-order valence-corrected chi connectivity index (χ2v) is 8.83. The van der Waals surface area contributed by atoms with E-state index in [-0.39, 0.29) is 6.42 Å². The van der Waals surface area contributed by atoms with Gasteiger partial charge in [0.15, 0.2) is 0 Å². The Morgan fingerprint density at radius 2 is 1.48 bits per heavy atom. The van der Waals surface area contributed by atoms with Gasteiger partial charge in [-0.05, 0) is 92.6 Å². The Bertz CT molecular complexity index is 558. The van der Waals surface area contributed by atoms with E-state index < -0.39 is 6.43 Å². The SMILES string of the molecule is CCCc1ccc(C2CCC(C3CCC(/C=C/CC(F)F)CC3)CC2)cc1. The molecular weight excluding hydrogens is 338 g/mol. The minimum Gasteiger partial charge on any atom is -0.210 e. The highest BCUT2D eigenvalue weighted by molar-refractivity contribution is 5.26. The Kier molecular flexibility index (Phi) is 7.91. The smallest absolute Gasteiger partial charge is 0.210 e. The van der Waals surface area contributed by atoms with Crippen LogP contribution in [0.1, 0.15) is 88.2 Å². The Labute approximate surface area is 164 Å². The fourth-order valence-electron chi connectivity index (χ4n) is 5.35. The van der Waals surface area contributed by atoms with Crippen molar-refractivity contribution in [2.75, 3.05) is 0 Å². The van der Waals surface area contributed by atoms with Crippen LogP contribution in [0.4, 0.5) is 8.78 Å². The molecule has 0 N–H and O–H groups in total. The molecule has 0 bridgehead atoms. The molecule has 0 atom stereocenters. The quantitative estimate of drug-likeness (QED) is 0.425. The van der Waals surface area contributed by atoms with Gasteiger partial charge in [-0.15, -0.1) is 0 Å². The van der Waals surface area contributed by atoms with E-state index in [0.717, 1.165) is 17.8 Å². The molecule has 2 fully saturated rings. The van der Waals surface area contributed by atoms with E-state index in [1.54, 1.807) is 11.6 Å². The highest BCUT2D eigenvalue weighted by Gasteiger charge is 2.30. The number of allylic oxidation sites excluding steroid dienone is 2. The normalized spacial score (nSPS) is 29.5. The van der Waals surface area contributed by atoms with Crippen LogP contribution >= 0.6 is 0 Å². The molecule has 0 heterocycles. The number of benzene rings is 1. The van der Waals surface area contributed by atoms with E-state index in [1.807, 2.05) is 0 Å². The van der Waals surface area contributed by atoms with Crippen molar-refractivity contribution in [1.29, 1.82) is 0 Å².